The zero-order valence-corrected chi connectivity index (χ0v) is 10.1. The Morgan fingerprint density at radius 2 is 2.22 bits per heavy atom. The monoisotopic (exact) mass is 265 g/mol. The molecule has 0 fully saturated rings. The maximum Gasteiger partial charge on any atom is 0.275 e. The summed E-state index contributed by atoms with van der Waals surface area (Å²) in [4.78, 5) is 22.9. The van der Waals surface area contributed by atoms with E-state index in [4.69, 9.17) is 11.6 Å². The number of hydrazine groups is 1. The largest absolute Gasteiger partial charge is 0.364 e. The molecular formula is C10H11N5O2S. The van der Waals surface area contributed by atoms with Crippen LogP contribution in [0.4, 0.5) is 0 Å². The Morgan fingerprint density at radius 1 is 1.44 bits per heavy atom. The van der Waals surface area contributed by atoms with Crippen LogP contribution in [0, 0.1) is 0 Å². The fraction of sp³-hybridized carbons (Fsp3) is 0.100. The van der Waals surface area contributed by atoms with E-state index in [0.717, 1.165) is 5.56 Å². The Balaban J connectivity index is 2.20. The molecule has 2 heterocycles. The molecule has 0 bridgehead atoms. The van der Waals surface area contributed by atoms with Crippen molar-refractivity contribution < 1.29 is 9.59 Å². The molecule has 0 aliphatic carbocycles. The quantitative estimate of drug-likeness (QED) is 0.399. The minimum absolute atomic E-state index is 0.190. The fourth-order valence-corrected chi connectivity index (χ4v) is 2.30. The fourth-order valence-electron chi connectivity index (χ4n) is 1.48. The summed E-state index contributed by atoms with van der Waals surface area (Å²) in [7, 11) is 0. The number of hydrogen-bond donors (Lipinski definition) is 3. The molecule has 2 aromatic rings. The lowest BCUT2D eigenvalue weighted by atomic mass is 10.2. The molecule has 0 atom stereocenters. The number of thiophene rings is 1. The number of nitrogen functional groups attached to an aromatic ring is 1. The Bertz CT molecular complexity index is 589. The minimum Gasteiger partial charge on any atom is -0.364 e. The van der Waals surface area contributed by atoms with Crippen molar-refractivity contribution in [2.24, 2.45) is 11.6 Å². The summed E-state index contributed by atoms with van der Waals surface area (Å²) < 4.78 is 1.54. The van der Waals surface area contributed by atoms with Crippen LogP contribution >= 0.6 is 11.3 Å². The van der Waals surface area contributed by atoms with Crippen molar-refractivity contribution in [1.82, 2.24) is 15.2 Å². The summed E-state index contributed by atoms with van der Waals surface area (Å²) >= 11 is 1.29. The van der Waals surface area contributed by atoms with Gasteiger partial charge >= 0.3 is 0 Å². The second kappa shape index (κ2) is 4.98. The second-order valence-electron chi connectivity index (χ2n) is 3.51. The highest BCUT2D eigenvalue weighted by molar-refractivity contribution is 7.12. The molecular weight excluding hydrogens is 254 g/mol. The molecule has 94 valence electrons. The van der Waals surface area contributed by atoms with Gasteiger partial charge in [0, 0.05) is 6.20 Å². The third-order valence-corrected chi connectivity index (χ3v) is 3.26. The molecule has 0 aliphatic rings. The number of amides is 2. The van der Waals surface area contributed by atoms with Crippen LogP contribution in [0.2, 0.25) is 0 Å². The predicted molar refractivity (Wildman–Crippen MR) is 65.8 cm³/mol. The van der Waals surface area contributed by atoms with E-state index in [-0.39, 0.29) is 11.6 Å². The van der Waals surface area contributed by atoms with Gasteiger partial charge in [-0.25, -0.2) is 5.84 Å². The molecule has 0 spiro atoms. The normalized spacial score (nSPS) is 10.3. The smallest absolute Gasteiger partial charge is 0.275 e. The molecule has 18 heavy (non-hydrogen) atoms. The number of nitrogens with one attached hydrogen (secondary N) is 1. The molecule has 0 unspecified atom stereocenters. The maximum absolute atomic E-state index is 11.5. The van der Waals surface area contributed by atoms with E-state index in [0.29, 0.717) is 11.4 Å². The number of carbonyl (C=O) groups excluding carboxylic acids is 2. The van der Waals surface area contributed by atoms with Gasteiger partial charge in [0.2, 0.25) is 0 Å². The first-order valence-corrected chi connectivity index (χ1v) is 5.90. The summed E-state index contributed by atoms with van der Waals surface area (Å²) in [6.45, 7) is 0.375. The van der Waals surface area contributed by atoms with Gasteiger partial charge in [0.1, 0.15) is 5.69 Å². The molecule has 0 saturated carbocycles. The van der Waals surface area contributed by atoms with Crippen LogP contribution in [0.3, 0.4) is 0 Å². The van der Waals surface area contributed by atoms with Crippen molar-refractivity contribution in [3.63, 3.8) is 0 Å². The van der Waals surface area contributed by atoms with E-state index in [1.54, 1.807) is 17.6 Å². The summed E-state index contributed by atoms with van der Waals surface area (Å²) in [6.07, 6.45) is 1.63. The Morgan fingerprint density at radius 3 is 2.83 bits per heavy atom. The van der Waals surface area contributed by atoms with Crippen molar-refractivity contribution in [1.29, 1.82) is 0 Å². The SMILES string of the molecule is NNC(=O)c1sccc1Cn1ccc(C(N)=O)n1. The predicted octanol–water partition coefficient (Wildman–Crippen LogP) is -0.305. The van der Waals surface area contributed by atoms with Gasteiger partial charge in [-0.15, -0.1) is 11.3 Å². The average molecular weight is 265 g/mol. The number of hydrogen-bond acceptors (Lipinski definition) is 5. The molecule has 8 heteroatoms. The summed E-state index contributed by atoms with van der Waals surface area (Å²) in [5.41, 5.74) is 8.16. The number of primary amides is 1. The molecule has 7 nitrogen and oxygen atoms in total. The standard InChI is InChI=1S/C10H11N5O2S/c11-9(16)7-1-3-15(14-7)5-6-2-4-18-8(6)10(17)13-12/h1-4H,5,12H2,(H2,11,16)(H,13,17). The first-order valence-electron chi connectivity index (χ1n) is 5.02. The topological polar surface area (TPSA) is 116 Å². The molecule has 2 amide bonds. The summed E-state index contributed by atoms with van der Waals surface area (Å²) in [5.74, 6) is 4.16. The van der Waals surface area contributed by atoms with Crippen molar-refractivity contribution in [3.8, 4) is 0 Å². The third kappa shape index (κ3) is 2.39. The zero-order valence-electron chi connectivity index (χ0n) is 9.29. The van der Waals surface area contributed by atoms with Crippen LogP contribution in [0.15, 0.2) is 23.7 Å². The summed E-state index contributed by atoms with van der Waals surface area (Å²) in [5, 5.41) is 5.78. The first kappa shape index (κ1) is 12.3. The number of rotatable bonds is 4. The minimum atomic E-state index is -0.584. The Hall–Kier alpha value is -2.19. The van der Waals surface area contributed by atoms with Crippen molar-refractivity contribution in [2.75, 3.05) is 0 Å². The second-order valence-corrected chi connectivity index (χ2v) is 4.43. The van der Waals surface area contributed by atoms with Gasteiger partial charge in [0.05, 0.1) is 11.4 Å². The Kier molecular flexibility index (Phi) is 3.40. The van der Waals surface area contributed by atoms with E-state index in [1.165, 1.54) is 22.1 Å². The summed E-state index contributed by atoms with van der Waals surface area (Å²) in [6, 6.07) is 3.33. The Labute approximate surface area is 106 Å². The number of carbonyl (C=O) groups is 2. The molecule has 2 aromatic heterocycles. The highest BCUT2D eigenvalue weighted by Gasteiger charge is 2.13. The average Bonchev–Trinajstić information content (AvgIpc) is 2.97. The van der Waals surface area contributed by atoms with Gasteiger partial charge in [-0.2, -0.15) is 5.10 Å². The highest BCUT2D eigenvalue weighted by Crippen LogP contribution is 2.17. The molecule has 2 rings (SSSR count). The highest BCUT2D eigenvalue weighted by atomic mass is 32.1. The van der Waals surface area contributed by atoms with Crippen molar-refractivity contribution in [2.45, 2.75) is 6.54 Å². The molecule has 0 aliphatic heterocycles. The van der Waals surface area contributed by atoms with Crippen LogP contribution in [-0.2, 0) is 6.54 Å². The van der Waals surface area contributed by atoms with Crippen LogP contribution in [0.1, 0.15) is 25.7 Å². The maximum atomic E-state index is 11.5. The number of aromatic nitrogens is 2. The van der Waals surface area contributed by atoms with Crippen LogP contribution in [0.25, 0.3) is 0 Å². The van der Waals surface area contributed by atoms with Gasteiger partial charge in [0.15, 0.2) is 0 Å². The zero-order chi connectivity index (χ0) is 13.1. The van der Waals surface area contributed by atoms with Gasteiger partial charge in [0.25, 0.3) is 11.8 Å². The van der Waals surface area contributed by atoms with Crippen molar-refractivity contribution >= 4 is 23.2 Å². The van der Waals surface area contributed by atoms with Crippen LogP contribution in [0.5, 0.6) is 0 Å². The molecule has 0 aromatic carbocycles. The lowest BCUT2D eigenvalue weighted by Crippen LogP contribution is -2.30. The van der Waals surface area contributed by atoms with Gasteiger partial charge in [-0.1, -0.05) is 0 Å². The van der Waals surface area contributed by atoms with E-state index >= 15 is 0 Å². The van der Waals surface area contributed by atoms with E-state index in [9.17, 15) is 9.59 Å². The molecule has 0 radical (unpaired) electrons. The first-order chi connectivity index (χ1) is 8.61. The lowest BCUT2D eigenvalue weighted by molar-refractivity contribution is 0.0954. The van der Waals surface area contributed by atoms with E-state index in [2.05, 4.69) is 10.5 Å². The van der Waals surface area contributed by atoms with Crippen LogP contribution in [-0.4, -0.2) is 21.6 Å². The molecule has 5 N–H and O–H groups in total. The molecule has 0 saturated heterocycles. The lowest BCUT2D eigenvalue weighted by Gasteiger charge is -2.02. The van der Waals surface area contributed by atoms with E-state index < -0.39 is 5.91 Å². The van der Waals surface area contributed by atoms with Gasteiger partial charge in [-0.3, -0.25) is 19.7 Å². The van der Waals surface area contributed by atoms with Gasteiger partial charge in [-0.05, 0) is 23.1 Å². The number of nitrogens with zero attached hydrogens (tertiary/aromatic N) is 2. The third-order valence-electron chi connectivity index (χ3n) is 2.31. The van der Waals surface area contributed by atoms with Crippen molar-refractivity contribution in [3.05, 3.63) is 39.8 Å². The van der Waals surface area contributed by atoms with Crippen LogP contribution < -0.4 is 17.0 Å². The van der Waals surface area contributed by atoms with Gasteiger partial charge < -0.3 is 5.73 Å². The van der Waals surface area contributed by atoms with E-state index in [1.807, 2.05) is 0 Å². The number of nitrogens with two attached hydrogens (primary N) is 2.